The van der Waals surface area contributed by atoms with E-state index >= 15 is 0 Å². The number of nitrogens with zero attached hydrogens (tertiary/aromatic N) is 3. The molecule has 0 aromatic heterocycles. The van der Waals surface area contributed by atoms with Gasteiger partial charge in [0.05, 0.1) is 30.1 Å². The molecule has 0 saturated carbocycles. The Morgan fingerprint density at radius 2 is 1.56 bits per heavy atom. The minimum Gasteiger partial charge on any atom is -0.394 e. The molecule has 39 heavy (non-hydrogen) atoms. The van der Waals surface area contributed by atoms with Crippen LogP contribution in [0.1, 0.15) is 24.1 Å². The van der Waals surface area contributed by atoms with Crippen molar-refractivity contribution >= 4 is 17.7 Å². The van der Waals surface area contributed by atoms with Crippen LogP contribution in [-0.2, 0) is 25.7 Å². The molecule has 4 aliphatic rings. The van der Waals surface area contributed by atoms with Crippen LogP contribution in [0.2, 0.25) is 0 Å². The van der Waals surface area contributed by atoms with Gasteiger partial charge in [0.2, 0.25) is 17.7 Å². The van der Waals surface area contributed by atoms with E-state index in [9.17, 15) is 19.5 Å². The maximum atomic E-state index is 14.5. The summed E-state index contributed by atoms with van der Waals surface area (Å²) in [6.45, 7) is 2.57. The Kier molecular flexibility index (Phi) is 6.19. The normalized spacial score (nSPS) is 32.5. The van der Waals surface area contributed by atoms with E-state index in [1.165, 1.54) is 4.90 Å². The minimum atomic E-state index is -1.36. The van der Waals surface area contributed by atoms with Crippen molar-refractivity contribution in [2.24, 2.45) is 11.8 Å². The number of aliphatic hydroxyl groups excluding tert-OH is 1. The lowest BCUT2D eigenvalue weighted by atomic mass is 9.74. The van der Waals surface area contributed by atoms with Crippen molar-refractivity contribution in [2.75, 3.05) is 26.7 Å². The monoisotopic (exact) mass is 527 g/mol. The molecular weight excluding hydrogens is 494 g/mol. The maximum absolute atomic E-state index is 14.5. The number of hydrogen-bond donors (Lipinski definition) is 1. The molecule has 6 rings (SSSR count). The Morgan fingerprint density at radius 1 is 0.897 bits per heavy atom. The van der Waals surface area contributed by atoms with E-state index in [1.807, 2.05) is 91.9 Å². The molecule has 1 spiro atoms. The van der Waals surface area contributed by atoms with Gasteiger partial charge in [0.25, 0.3) is 0 Å². The quantitative estimate of drug-likeness (QED) is 0.603. The highest BCUT2D eigenvalue weighted by Gasteiger charge is 2.75. The number of carbonyl (C=O) groups is 3. The molecule has 0 aliphatic carbocycles. The lowest BCUT2D eigenvalue weighted by molar-refractivity contribution is -0.156. The first kappa shape index (κ1) is 25.5. The highest BCUT2D eigenvalue weighted by atomic mass is 16.5. The Morgan fingerprint density at radius 3 is 2.26 bits per heavy atom. The molecule has 0 bridgehead atoms. The second kappa shape index (κ2) is 9.47. The summed E-state index contributed by atoms with van der Waals surface area (Å²) in [7, 11) is 1.72. The number of fused-ring (bicyclic) bond motifs is 2. The van der Waals surface area contributed by atoms with Gasteiger partial charge in [-0.05, 0) is 18.1 Å². The summed E-state index contributed by atoms with van der Waals surface area (Å²) in [5.74, 6) is -2.54. The van der Waals surface area contributed by atoms with Crippen molar-refractivity contribution in [1.29, 1.82) is 0 Å². The van der Waals surface area contributed by atoms with E-state index in [-0.39, 0.29) is 24.3 Å². The number of carbonyl (C=O) groups excluding carboxylic acids is 3. The van der Waals surface area contributed by atoms with Crippen LogP contribution in [0.3, 0.4) is 0 Å². The molecule has 3 amide bonds. The Bertz CT molecular complexity index is 1340. The van der Waals surface area contributed by atoms with Crippen molar-refractivity contribution in [3.63, 3.8) is 0 Å². The molecule has 8 heteroatoms. The maximum Gasteiger partial charge on any atom is 0.249 e. The van der Waals surface area contributed by atoms with E-state index in [0.29, 0.717) is 25.2 Å². The first-order chi connectivity index (χ1) is 18.8. The topological polar surface area (TPSA) is 90.4 Å². The number of amides is 3. The van der Waals surface area contributed by atoms with Crippen LogP contribution < -0.4 is 0 Å². The van der Waals surface area contributed by atoms with Gasteiger partial charge in [0.15, 0.2) is 0 Å². The van der Waals surface area contributed by atoms with Crippen LogP contribution in [0.25, 0.3) is 0 Å². The molecule has 8 nitrogen and oxygen atoms in total. The number of hydrogen-bond acceptors (Lipinski definition) is 5. The fraction of sp³-hybridized carbons (Fsp3) is 0.387. The lowest BCUT2D eigenvalue weighted by Gasteiger charge is -2.40. The summed E-state index contributed by atoms with van der Waals surface area (Å²) in [6.07, 6.45) is 7.47. The largest absolute Gasteiger partial charge is 0.394 e. The van der Waals surface area contributed by atoms with Gasteiger partial charge in [0, 0.05) is 26.7 Å². The molecule has 4 aliphatic heterocycles. The first-order valence-electron chi connectivity index (χ1n) is 13.4. The SMILES string of the molecule is CN1CC=C[C@@]2(C)O[C@]34C=CCN(Cc5ccccc5)C(=O)C3N([C@H](CO)c3ccccc3)C(=O)[C@@H]4[C@H]2C1=O. The molecular formula is C31H33N3O5. The van der Waals surface area contributed by atoms with Crippen molar-refractivity contribution in [3.8, 4) is 0 Å². The fourth-order valence-corrected chi connectivity index (χ4v) is 6.94. The van der Waals surface area contributed by atoms with Crippen molar-refractivity contribution in [3.05, 3.63) is 96.1 Å². The third-order valence-corrected chi connectivity index (χ3v) is 8.69. The van der Waals surface area contributed by atoms with Crippen molar-refractivity contribution < 1.29 is 24.2 Å². The van der Waals surface area contributed by atoms with Crippen LogP contribution in [0.4, 0.5) is 0 Å². The Hall–Kier alpha value is -3.75. The van der Waals surface area contributed by atoms with Gasteiger partial charge in [-0.1, -0.05) is 85.0 Å². The van der Waals surface area contributed by atoms with Gasteiger partial charge in [-0.2, -0.15) is 0 Å². The van der Waals surface area contributed by atoms with E-state index in [2.05, 4.69) is 0 Å². The first-order valence-corrected chi connectivity index (χ1v) is 13.4. The zero-order valence-electron chi connectivity index (χ0n) is 22.1. The Labute approximate surface area is 228 Å². The molecule has 202 valence electrons. The third kappa shape index (κ3) is 3.85. The molecule has 1 N–H and O–H groups in total. The summed E-state index contributed by atoms with van der Waals surface area (Å²) in [5.41, 5.74) is -0.744. The average Bonchev–Trinajstić information content (AvgIpc) is 3.22. The minimum absolute atomic E-state index is 0.190. The van der Waals surface area contributed by atoms with Crippen LogP contribution in [0.15, 0.2) is 85.0 Å². The summed E-state index contributed by atoms with van der Waals surface area (Å²) in [5, 5.41) is 10.6. The number of rotatable bonds is 5. The molecule has 6 atom stereocenters. The zero-order valence-corrected chi connectivity index (χ0v) is 22.1. The highest BCUT2D eigenvalue weighted by Crippen LogP contribution is 2.58. The van der Waals surface area contributed by atoms with Gasteiger partial charge >= 0.3 is 0 Å². The standard InChI is InChI=1S/C31H33N3O5/c1-30-15-9-17-32(2)27(36)24(30)25-28(37)34(23(20-35)22-13-7-4-8-14-22)26-29(38)33(18-10-16-31(25,26)39-30)19-21-11-5-3-6-12-21/h3-16,23-26,35H,17-20H2,1-2H3/t23-,24+,25+,26?,30-,31+/m1/s1. The number of aliphatic hydroxyl groups is 1. The highest BCUT2D eigenvalue weighted by molar-refractivity contribution is 6.00. The van der Waals surface area contributed by atoms with Gasteiger partial charge in [-0.25, -0.2) is 0 Å². The van der Waals surface area contributed by atoms with Crippen LogP contribution in [0, 0.1) is 11.8 Å². The van der Waals surface area contributed by atoms with Gasteiger partial charge in [-0.3, -0.25) is 14.4 Å². The van der Waals surface area contributed by atoms with Crippen molar-refractivity contribution in [1.82, 2.24) is 14.7 Å². The number of ether oxygens (including phenoxy) is 1. The smallest absolute Gasteiger partial charge is 0.249 e. The summed E-state index contributed by atoms with van der Waals surface area (Å²) in [6, 6.07) is 17.1. The molecule has 2 aromatic rings. The molecule has 2 aromatic carbocycles. The number of likely N-dealkylation sites (tertiary alicyclic amines) is 1. The van der Waals surface area contributed by atoms with Gasteiger partial charge < -0.3 is 24.5 Å². The van der Waals surface area contributed by atoms with Crippen molar-refractivity contribution in [2.45, 2.75) is 36.8 Å². The second-order valence-electron chi connectivity index (χ2n) is 11.1. The average molecular weight is 528 g/mol. The fourth-order valence-electron chi connectivity index (χ4n) is 6.94. The van der Waals surface area contributed by atoms with E-state index < -0.39 is 35.1 Å². The van der Waals surface area contributed by atoms with Crippen LogP contribution >= 0.6 is 0 Å². The van der Waals surface area contributed by atoms with E-state index in [0.717, 1.165) is 5.56 Å². The summed E-state index contributed by atoms with van der Waals surface area (Å²) < 4.78 is 6.83. The van der Waals surface area contributed by atoms with Gasteiger partial charge in [-0.15, -0.1) is 0 Å². The summed E-state index contributed by atoms with van der Waals surface area (Å²) >= 11 is 0. The predicted octanol–water partition coefficient (Wildman–Crippen LogP) is 2.32. The van der Waals surface area contributed by atoms with E-state index in [1.54, 1.807) is 16.8 Å². The number of likely N-dealkylation sites (N-methyl/N-ethyl adjacent to an activating group) is 1. The van der Waals surface area contributed by atoms with Crippen LogP contribution in [0.5, 0.6) is 0 Å². The van der Waals surface area contributed by atoms with Crippen LogP contribution in [-0.4, -0.2) is 81.5 Å². The molecule has 2 saturated heterocycles. The molecule has 4 heterocycles. The summed E-state index contributed by atoms with van der Waals surface area (Å²) in [4.78, 5) is 47.6. The Balaban J connectivity index is 1.51. The van der Waals surface area contributed by atoms with Gasteiger partial charge in [0.1, 0.15) is 11.6 Å². The zero-order chi connectivity index (χ0) is 27.4. The lowest BCUT2D eigenvalue weighted by Crippen LogP contribution is -2.56. The third-order valence-electron chi connectivity index (χ3n) is 8.69. The predicted molar refractivity (Wildman–Crippen MR) is 144 cm³/mol. The molecule has 1 unspecified atom stereocenters. The molecule has 0 radical (unpaired) electrons. The second-order valence-corrected chi connectivity index (χ2v) is 11.1. The molecule has 2 fully saturated rings. The number of benzene rings is 2. The van der Waals surface area contributed by atoms with E-state index in [4.69, 9.17) is 4.74 Å².